The molecular formula is C29H41N7O2. The van der Waals surface area contributed by atoms with Crippen LogP contribution in [0.1, 0.15) is 56.8 Å². The molecule has 1 N–H and O–H groups in total. The zero-order valence-corrected chi connectivity index (χ0v) is 22.9. The SMILES string of the molecule is CCc1ccc(-c2cc3c(=O)n(CC(=O)NCCCN4CCC(N5CCCCC5)CC4)nc(C)n3n2)cc1. The van der Waals surface area contributed by atoms with Gasteiger partial charge in [-0.05, 0) is 89.8 Å². The minimum atomic E-state index is -0.314. The van der Waals surface area contributed by atoms with Crippen LogP contribution in [0.2, 0.25) is 0 Å². The highest BCUT2D eigenvalue weighted by Gasteiger charge is 2.25. The van der Waals surface area contributed by atoms with Crippen LogP contribution in [-0.4, -0.2) is 80.4 Å². The summed E-state index contributed by atoms with van der Waals surface area (Å²) in [5.41, 5.74) is 3.03. The molecule has 5 rings (SSSR count). The fourth-order valence-corrected chi connectivity index (χ4v) is 5.85. The number of nitrogens with zero attached hydrogens (tertiary/aromatic N) is 6. The highest BCUT2D eigenvalue weighted by molar-refractivity contribution is 5.75. The van der Waals surface area contributed by atoms with Crippen molar-refractivity contribution in [2.24, 2.45) is 0 Å². The fourth-order valence-electron chi connectivity index (χ4n) is 5.85. The van der Waals surface area contributed by atoms with Crippen LogP contribution in [0, 0.1) is 6.92 Å². The van der Waals surface area contributed by atoms with E-state index in [-0.39, 0.29) is 18.0 Å². The molecule has 1 amide bonds. The molecule has 2 aliphatic heterocycles. The van der Waals surface area contributed by atoms with Crippen molar-refractivity contribution >= 4 is 11.4 Å². The molecule has 2 saturated heterocycles. The van der Waals surface area contributed by atoms with Crippen molar-refractivity contribution < 1.29 is 4.79 Å². The van der Waals surface area contributed by atoms with E-state index in [1.54, 1.807) is 17.5 Å². The number of aromatic nitrogens is 4. The quantitative estimate of drug-likeness (QED) is 0.438. The first kappa shape index (κ1) is 26.6. The van der Waals surface area contributed by atoms with Crippen LogP contribution in [0.5, 0.6) is 0 Å². The molecule has 2 fully saturated rings. The first-order chi connectivity index (χ1) is 18.5. The second-order valence-electron chi connectivity index (χ2n) is 10.8. The number of likely N-dealkylation sites (tertiary alicyclic amines) is 2. The predicted octanol–water partition coefficient (Wildman–Crippen LogP) is 2.89. The molecule has 2 aliphatic rings. The van der Waals surface area contributed by atoms with Gasteiger partial charge >= 0.3 is 0 Å². The van der Waals surface area contributed by atoms with Crippen LogP contribution in [0.4, 0.5) is 0 Å². The number of nitrogens with one attached hydrogen (secondary N) is 1. The Bertz CT molecular complexity index is 1280. The molecule has 0 saturated carbocycles. The summed E-state index contributed by atoms with van der Waals surface area (Å²) in [6.45, 7) is 10.3. The van der Waals surface area contributed by atoms with Crippen LogP contribution >= 0.6 is 0 Å². The third kappa shape index (κ3) is 6.15. The number of fused-ring (bicyclic) bond motifs is 1. The van der Waals surface area contributed by atoms with Gasteiger partial charge in [0.05, 0.1) is 5.69 Å². The Morgan fingerprint density at radius 3 is 2.47 bits per heavy atom. The van der Waals surface area contributed by atoms with Crippen LogP contribution in [0.15, 0.2) is 35.1 Å². The third-order valence-corrected chi connectivity index (χ3v) is 8.12. The third-order valence-electron chi connectivity index (χ3n) is 8.12. The fraction of sp³-hybridized carbons (Fsp3) is 0.586. The number of carbonyl (C=O) groups excluding carboxylic acids is 1. The van der Waals surface area contributed by atoms with Gasteiger partial charge in [0.1, 0.15) is 17.9 Å². The molecule has 38 heavy (non-hydrogen) atoms. The standard InChI is InChI=1S/C29H41N7O2/c1-3-23-8-10-24(11-9-23)26-20-27-29(38)35(31-22(2)36(27)32-26)21-28(37)30-14-7-15-33-18-12-25(13-19-33)34-16-5-4-6-17-34/h8-11,20,25H,3-7,12-19,21H2,1-2H3,(H,30,37). The molecule has 0 aliphatic carbocycles. The summed E-state index contributed by atoms with van der Waals surface area (Å²) in [7, 11) is 0. The van der Waals surface area contributed by atoms with E-state index in [1.165, 1.54) is 55.4 Å². The van der Waals surface area contributed by atoms with E-state index in [0.717, 1.165) is 49.8 Å². The van der Waals surface area contributed by atoms with Crippen LogP contribution in [0.25, 0.3) is 16.8 Å². The van der Waals surface area contributed by atoms with E-state index in [9.17, 15) is 9.59 Å². The van der Waals surface area contributed by atoms with E-state index in [2.05, 4.69) is 44.4 Å². The smallest absolute Gasteiger partial charge is 0.293 e. The van der Waals surface area contributed by atoms with E-state index < -0.39 is 0 Å². The van der Waals surface area contributed by atoms with Crippen LogP contribution < -0.4 is 10.9 Å². The second kappa shape index (κ2) is 12.2. The van der Waals surface area contributed by atoms with Crippen molar-refractivity contribution in [2.75, 3.05) is 39.3 Å². The topological polar surface area (TPSA) is 87.8 Å². The van der Waals surface area contributed by atoms with Crippen molar-refractivity contribution in [3.63, 3.8) is 0 Å². The Morgan fingerprint density at radius 2 is 1.76 bits per heavy atom. The summed E-state index contributed by atoms with van der Waals surface area (Å²) in [4.78, 5) is 30.9. The number of rotatable bonds is 9. The highest BCUT2D eigenvalue weighted by atomic mass is 16.2. The van der Waals surface area contributed by atoms with Gasteiger partial charge in [-0.2, -0.15) is 10.2 Å². The molecule has 0 spiro atoms. The summed E-state index contributed by atoms with van der Waals surface area (Å²) in [5.74, 6) is 0.374. The lowest BCUT2D eigenvalue weighted by atomic mass is 10.00. The monoisotopic (exact) mass is 519 g/mol. The maximum atomic E-state index is 13.1. The van der Waals surface area contributed by atoms with Gasteiger partial charge in [-0.1, -0.05) is 37.6 Å². The number of hydrogen-bond acceptors (Lipinski definition) is 6. The molecule has 0 bridgehead atoms. The van der Waals surface area contributed by atoms with Crippen LogP contribution in [-0.2, 0) is 17.8 Å². The van der Waals surface area contributed by atoms with Gasteiger partial charge in [0.2, 0.25) is 5.91 Å². The molecule has 1 aromatic carbocycles. The summed E-state index contributed by atoms with van der Waals surface area (Å²) in [5, 5.41) is 11.9. The maximum Gasteiger partial charge on any atom is 0.293 e. The molecule has 9 nitrogen and oxygen atoms in total. The Morgan fingerprint density at radius 1 is 1.03 bits per heavy atom. The molecule has 0 atom stereocenters. The highest BCUT2D eigenvalue weighted by Crippen LogP contribution is 2.21. The first-order valence-corrected chi connectivity index (χ1v) is 14.3. The number of hydrogen-bond donors (Lipinski definition) is 1. The first-order valence-electron chi connectivity index (χ1n) is 14.3. The molecule has 204 valence electrons. The number of amides is 1. The zero-order chi connectivity index (χ0) is 26.5. The van der Waals surface area contributed by atoms with Crippen molar-refractivity contribution in [1.29, 1.82) is 0 Å². The lowest BCUT2D eigenvalue weighted by Gasteiger charge is -2.40. The Hall–Kier alpha value is -3.04. The molecule has 0 unspecified atom stereocenters. The molecule has 9 heteroatoms. The predicted molar refractivity (Wildman–Crippen MR) is 149 cm³/mol. The normalized spacial score (nSPS) is 17.7. The van der Waals surface area contributed by atoms with Gasteiger partial charge in [-0.25, -0.2) is 9.20 Å². The summed E-state index contributed by atoms with van der Waals surface area (Å²) < 4.78 is 2.81. The Kier molecular flexibility index (Phi) is 8.54. The molecule has 4 heterocycles. The lowest BCUT2D eigenvalue weighted by Crippen LogP contribution is -2.47. The van der Waals surface area contributed by atoms with Gasteiger partial charge < -0.3 is 15.1 Å². The van der Waals surface area contributed by atoms with Crippen LogP contribution in [0.3, 0.4) is 0 Å². The molecule has 3 aromatic rings. The lowest BCUT2D eigenvalue weighted by molar-refractivity contribution is -0.121. The van der Waals surface area contributed by atoms with E-state index >= 15 is 0 Å². The number of aryl methyl sites for hydroxylation is 2. The largest absolute Gasteiger partial charge is 0.354 e. The molecule has 0 radical (unpaired) electrons. The molecule has 2 aromatic heterocycles. The second-order valence-corrected chi connectivity index (χ2v) is 10.8. The van der Waals surface area contributed by atoms with Gasteiger partial charge in [0, 0.05) is 18.2 Å². The Labute approximate surface area is 224 Å². The summed E-state index contributed by atoms with van der Waals surface area (Å²) in [6.07, 6.45) is 8.48. The summed E-state index contributed by atoms with van der Waals surface area (Å²) in [6, 6.07) is 10.7. The van der Waals surface area contributed by atoms with Gasteiger partial charge in [0.25, 0.3) is 5.56 Å². The van der Waals surface area contributed by atoms with E-state index in [0.29, 0.717) is 17.9 Å². The molecular weight excluding hydrogens is 478 g/mol. The van der Waals surface area contributed by atoms with Crippen molar-refractivity contribution in [3.8, 4) is 11.3 Å². The zero-order valence-electron chi connectivity index (χ0n) is 22.9. The van der Waals surface area contributed by atoms with E-state index in [4.69, 9.17) is 0 Å². The van der Waals surface area contributed by atoms with Gasteiger partial charge in [0.15, 0.2) is 0 Å². The summed E-state index contributed by atoms with van der Waals surface area (Å²) >= 11 is 0. The number of benzene rings is 1. The minimum absolute atomic E-state index is 0.0941. The van der Waals surface area contributed by atoms with Crippen molar-refractivity contribution in [2.45, 2.75) is 71.4 Å². The number of carbonyl (C=O) groups is 1. The van der Waals surface area contributed by atoms with Gasteiger partial charge in [-0.15, -0.1) is 0 Å². The van der Waals surface area contributed by atoms with E-state index in [1.807, 2.05) is 12.1 Å². The maximum absolute atomic E-state index is 13.1. The number of piperidine rings is 2. The van der Waals surface area contributed by atoms with Gasteiger partial charge in [-0.3, -0.25) is 9.59 Å². The average molecular weight is 520 g/mol. The van der Waals surface area contributed by atoms with Crippen molar-refractivity contribution in [1.82, 2.24) is 34.5 Å². The van der Waals surface area contributed by atoms with Crippen molar-refractivity contribution in [3.05, 3.63) is 52.1 Å². The average Bonchev–Trinajstić information content (AvgIpc) is 3.41. The minimum Gasteiger partial charge on any atom is -0.354 e. The Balaban J connectivity index is 1.11.